The lowest BCUT2D eigenvalue weighted by atomic mass is 10.1. The van der Waals surface area contributed by atoms with E-state index in [4.69, 9.17) is 10.2 Å². The Labute approximate surface area is 140 Å². The molecule has 6 heteroatoms. The summed E-state index contributed by atoms with van der Waals surface area (Å²) in [5.41, 5.74) is 2.41. The van der Waals surface area contributed by atoms with Crippen LogP contribution in [0.5, 0.6) is 0 Å². The maximum atomic E-state index is 14.2. The molecule has 0 aliphatic rings. The van der Waals surface area contributed by atoms with Gasteiger partial charge in [-0.3, -0.25) is 4.90 Å². The molecule has 23 heavy (non-hydrogen) atoms. The van der Waals surface area contributed by atoms with Gasteiger partial charge in [-0.15, -0.1) is 11.3 Å². The molecule has 1 aromatic heterocycles. The molecule has 0 fully saturated rings. The molecule has 0 saturated carbocycles. The summed E-state index contributed by atoms with van der Waals surface area (Å²) in [4.78, 5) is 7.60. The topological polar surface area (TPSA) is 56.6 Å². The molecule has 0 bridgehead atoms. The predicted molar refractivity (Wildman–Crippen MR) is 91.1 cm³/mol. The zero-order chi connectivity index (χ0) is 16.8. The number of halogens is 1. The highest BCUT2D eigenvalue weighted by Crippen LogP contribution is 2.31. The molecule has 4 nitrogen and oxygen atoms in total. The van der Waals surface area contributed by atoms with E-state index in [9.17, 15) is 4.39 Å². The molecule has 1 aromatic carbocycles. The maximum Gasteiger partial charge on any atom is 0.133 e. The van der Waals surface area contributed by atoms with Crippen LogP contribution < -0.4 is 0 Å². The Kier molecular flexibility index (Phi) is 6.65. The second-order valence-electron chi connectivity index (χ2n) is 5.42. The first-order chi connectivity index (χ1) is 11.1. The monoisotopic (exact) mass is 338 g/mol. The molecule has 2 aromatic rings. The standard InChI is InChI=1S/C17H23FN2O2S/c1-3-16-12(2)19-17(23-16)14-10-13(4-5-15(14)18)11-20(6-8-21)7-9-22/h4-5,10,21-22H,3,6-9,11H2,1-2H3. The molecule has 0 saturated heterocycles. The molecule has 0 aliphatic carbocycles. The first-order valence-corrected chi connectivity index (χ1v) is 8.59. The fourth-order valence-electron chi connectivity index (χ4n) is 2.52. The van der Waals surface area contributed by atoms with E-state index < -0.39 is 0 Å². The Balaban J connectivity index is 2.27. The number of rotatable bonds is 8. The normalized spacial score (nSPS) is 11.4. The van der Waals surface area contributed by atoms with Crippen molar-refractivity contribution in [2.75, 3.05) is 26.3 Å². The molecule has 0 radical (unpaired) electrons. The summed E-state index contributed by atoms with van der Waals surface area (Å²) in [5, 5.41) is 18.9. The van der Waals surface area contributed by atoms with Gasteiger partial charge in [-0.05, 0) is 31.0 Å². The van der Waals surface area contributed by atoms with E-state index in [1.165, 1.54) is 22.3 Å². The highest BCUT2D eigenvalue weighted by Gasteiger charge is 2.14. The first-order valence-electron chi connectivity index (χ1n) is 7.78. The van der Waals surface area contributed by atoms with Gasteiger partial charge in [0, 0.05) is 30.1 Å². The van der Waals surface area contributed by atoms with Gasteiger partial charge in [0.15, 0.2) is 0 Å². The molecule has 1 heterocycles. The predicted octanol–water partition coefficient (Wildman–Crippen LogP) is 2.61. The van der Waals surface area contributed by atoms with Crippen LogP contribution in [0.2, 0.25) is 0 Å². The summed E-state index contributed by atoms with van der Waals surface area (Å²) in [6.07, 6.45) is 0.894. The molecule has 126 valence electrons. The van der Waals surface area contributed by atoms with Gasteiger partial charge in [-0.2, -0.15) is 0 Å². The third kappa shape index (κ3) is 4.57. The minimum Gasteiger partial charge on any atom is -0.395 e. The van der Waals surface area contributed by atoms with Gasteiger partial charge in [0.2, 0.25) is 0 Å². The van der Waals surface area contributed by atoms with Crippen molar-refractivity contribution in [3.05, 3.63) is 40.2 Å². The molecule has 0 amide bonds. The lowest BCUT2D eigenvalue weighted by Gasteiger charge is -2.20. The van der Waals surface area contributed by atoms with Crippen LogP contribution in [0.15, 0.2) is 18.2 Å². The van der Waals surface area contributed by atoms with E-state index >= 15 is 0 Å². The fourth-order valence-corrected chi connectivity index (χ4v) is 3.54. The van der Waals surface area contributed by atoms with E-state index in [0.29, 0.717) is 30.2 Å². The first kappa shape index (κ1) is 18.0. The van der Waals surface area contributed by atoms with E-state index in [0.717, 1.165) is 17.7 Å². The summed E-state index contributed by atoms with van der Waals surface area (Å²) in [6.45, 7) is 5.58. The molecule has 0 unspecified atom stereocenters. The average Bonchev–Trinajstić information content (AvgIpc) is 2.90. The minimum atomic E-state index is -0.277. The Morgan fingerprint density at radius 1 is 1.22 bits per heavy atom. The van der Waals surface area contributed by atoms with Gasteiger partial charge >= 0.3 is 0 Å². The molecular weight excluding hydrogens is 315 g/mol. The van der Waals surface area contributed by atoms with Crippen LogP contribution in [0.3, 0.4) is 0 Å². The molecule has 2 rings (SSSR count). The van der Waals surface area contributed by atoms with Gasteiger partial charge in [-0.25, -0.2) is 9.37 Å². The molecule has 0 spiro atoms. The summed E-state index contributed by atoms with van der Waals surface area (Å²) in [7, 11) is 0. The van der Waals surface area contributed by atoms with E-state index in [2.05, 4.69) is 11.9 Å². The van der Waals surface area contributed by atoms with Gasteiger partial charge < -0.3 is 10.2 Å². The van der Waals surface area contributed by atoms with Crippen molar-refractivity contribution < 1.29 is 14.6 Å². The summed E-state index contributed by atoms with van der Waals surface area (Å²) in [5.74, 6) is -0.277. The molecule has 0 aliphatic heterocycles. The highest BCUT2D eigenvalue weighted by atomic mass is 32.1. The highest BCUT2D eigenvalue weighted by molar-refractivity contribution is 7.15. The Morgan fingerprint density at radius 3 is 2.48 bits per heavy atom. The van der Waals surface area contributed by atoms with Crippen LogP contribution in [0, 0.1) is 12.7 Å². The van der Waals surface area contributed by atoms with Crippen LogP contribution in [0.25, 0.3) is 10.6 Å². The van der Waals surface area contributed by atoms with Crippen molar-refractivity contribution in [1.82, 2.24) is 9.88 Å². The second-order valence-corrected chi connectivity index (χ2v) is 6.50. The Morgan fingerprint density at radius 2 is 1.91 bits per heavy atom. The van der Waals surface area contributed by atoms with Crippen LogP contribution in [0.1, 0.15) is 23.1 Å². The summed E-state index contributed by atoms with van der Waals surface area (Å²) in [6, 6.07) is 5.01. The Hall–Kier alpha value is -1.34. The largest absolute Gasteiger partial charge is 0.395 e. The van der Waals surface area contributed by atoms with E-state index in [1.807, 2.05) is 17.9 Å². The maximum absolute atomic E-state index is 14.2. The molecular formula is C17H23FN2O2S. The smallest absolute Gasteiger partial charge is 0.133 e. The van der Waals surface area contributed by atoms with Crippen LogP contribution in [0.4, 0.5) is 4.39 Å². The quantitative estimate of drug-likeness (QED) is 0.777. The lowest BCUT2D eigenvalue weighted by molar-refractivity contribution is 0.156. The number of benzene rings is 1. The van der Waals surface area contributed by atoms with E-state index in [1.54, 1.807) is 6.07 Å². The van der Waals surface area contributed by atoms with Crippen molar-refractivity contribution in [2.24, 2.45) is 0 Å². The third-order valence-corrected chi connectivity index (χ3v) is 5.05. The van der Waals surface area contributed by atoms with Gasteiger partial charge in [-0.1, -0.05) is 13.0 Å². The van der Waals surface area contributed by atoms with E-state index in [-0.39, 0.29) is 19.0 Å². The zero-order valence-electron chi connectivity index (χ0n) is 13.5. The van der Waals surface area contributed by atoms with Gasteiger partial charge in [0.1, 0.15) is 10.8 Å². The number of aryl methyl sites for hydroxylation is 2. The number of hydrogen-bond donors (Lipinski definition) is 2. The average molecular weight is 338 g/mol. The van der Waals surface area contributed by atoms with Gasteiger partial charge in [0.05, 0.1) is 18.9 Å². The number of aliphatic hydroxyl groups excluding tert-OH is 2. The number of hydrogen-bond acceptors (Lipinski definition) is 5. The van der Waals surface area contributed by atoms with Crippen LogP contribution >= 0.6 is 11.3 Å². The van der Waals surface area contributed by atoms with Crippen molar-refractivity contribution in [3.8, 4) is 10.6 Å². The number of aliphatic hydroxyl groups is 2. The third-order valence-electron chi connectivity index (χ3n) is 3.71. The minimum absolute atomic E-state index is 0.0274. The van der Waals surface area contributed by atoms with Crippen molar-refractivity contribution in [3.63, 3.8) is 0 Å². The van der Waals surface area contributed by atoms with Crippen LogP contribution in [-0.2, 0) is 13.0 Å². The van der Waals surface area contributed by atoms with Crippen molar-refractivity contribution in [1.29, 1.82) is 0 Å². The van der Waals surface area contributed by atoms with Crippen molar-refractivity contribution >= 4 is 11.3 Å². The van der Waals surface area contributed by atoms with Crippen molar-refractivity contribution in [2.45, 2.75) is 26.8 Å². The Bertz CT molecular complexity index is 640. The molecule has 0 atom stereocenters. The lowest BCUT2D eigenvalue weighted by Crippen LogP contribution is -2.29. The number of thiazole rings is 1. The van der Waals surface area contributed by atoms with Gasteiger partial charge in [0.25, 0.3) is 0 Å². The number of nitrogens with zero attached hydrogens (tertiary/aromatic N) is 2. The molecule has 2 N–H and O–H groups in total. The fraction of sp³-hybridized carbons (Fsp3) is 0.471. The SMILES string of the molecule is CCc1sc(-c2cc(CN(CCO)CCO)ccc2F)nc1C. The second kappa shape index (κ2) is 8.49. The zero-order valence-corrected chi connectivity index (χ0v) is 14.4. The summed E-state index contributed by atoms with van der Waals surface area (Å²) >= 11 is 1.53. The number of aromatic nitrogens is 1. The summed E-state index contributed by atoms with van der Waals surface area (Å²) < 4.78 is 14.2. The van der Waals surface area contributed by atoms with Crippen LogP contribution in [-0.4, -0.2) is 46.4 Å².